The summed E-state index contributed by atoms with van der Waals surface area (Å²) >= 11 is 0. The van der Waals surface area contributed by atoms with Gasteiger partial charge >= 0.3 is 0 Å². The topological polar surface area (TPSA) is 71.9 Å². The Bertz CT molecular complexity index is 624. The van der Waals surface area contributed by atoms with E-state index < -0.39 is 0 Å². The Morgan fingerprint density at radius 2 is 2.05 bits per heavy atom. The molecule has 1 aliphatic heterocycles. The van der Waals surface area contributed by atoms with E-state index in [1.165, 1.54) is 0 Å². The van der Waals surface area contributed by atoms with Gasteiger partial charge in [0.2, 0.25) is 0 Å². The van der Waals surface area contributed by atoms with Crippen LogP contribution in [0.5, 0.6) is 0 Å². The first-order valence-electron chi connectivity index (χ1n) is 6.75. The van der Waals surface area contributed by atoms with Gasteiger partial charge < -0.3 is 9.26 Å². The lowest BCUT2D eigenvalue weighted by molar-refractivity contribution is 0.0830. The zero-order valence-corrected chi connectivity index (χ0v) is 11.1. The lowest BCUT2D eigenvalue weighted by Gasteiger charge is -2.18. The number of nitrogens with zero attached hydrogens (tertiary/aromatic N) is 3. The Balaban J connectivity index is 1.88. The number of rotatable bonds is 3. The molecule has 2 heterocycles. The van der Waals surface area contributed by atoms with Crippen LogP contribution < -0.4 is 0 Å². The number of aromatic nitrogens is 2. The number of ether oxygens (including phenoxy) is 1. The van der Waals surface area contributed by atoms with Crippen molar-refractivity contribution in [2.45, 2.75) is 25.2 Å². The van der Waals surface area contributed by atoms with Gasteiger partial charge in [-0.3, -0.25) is 0 Å². The summed E-state index contributed by atoms with van der Waals surface area (Å²) in [7, 11) is 0. The second kappa shape index (κ2) is 5.85. The molecule has 0 atom stereocenters. The summed E-state index contributed by atoms with van der Waals surface area (Å²) in [4.78, 5) is 4.50. The quantitative estimate of drug-likeness (QED) is 0.856. The molecule has 102 valence electrons. The summed E-state index contributed by atoms with van der Waals surface area (Å²) in [5.41, 5.74) is 1.76. The fourth-order valence-electron chi connectivity index (χ4n) is 2.43. The third-order valence-corrected chi connectivity index (χ3v) is 3.55. The SMILES string of the molecule is N#CCc1ccccc1-c1nc(C2CCOCC2)no1. The number of nitriles is 1. The molecule has 1 aromatic heterocycles. The first kappa shape index (κ1) is 12.8. The minimum atomic E-state index is 0.310. The fraction of sp³-hybridized carbons (Fsp3) is 0.400. The maximum atomic E-state index is 8.87. The average molecular weight is 269 g/mol. The minimum absolute atomic E-state index is 0.310. The zero-order valence-electron chi connectivity index (χ0n) is 11.1. The summed E-state index contributed by atoms with van der Waals surface area (Å²) in [5, 5.41) is 13.0. The standard InChI is InChI=1S/C15H15N3O2/c16-8-5-11-3-1-2-4-13(11)15-17-14(18-20-15)12-6-9-19-10-7-12/h1-4,12H,5-7,9-10H2. The molecule has 1 fully saturated rings. The lowest BCUT2D eigenvalue weighted by Crippen LogP contribution is -2.15. The largest absolute Gasteiger partial charge is 0.381 e. The van der Waals surface area contributed by atoms with Crippen LogP contribution in [0.25, 0.3) is 11.5 Å². The Hall–Kier alpha value is -2.19. The van der Waals surface area contributed by atoms with E-state index in [9.17, 15) is 0 Å². The molecule has 1 aliphatic rings. The maximum absolute atomic E-state index is 8.87. The van der Waals surface area contributed by atoms with Crippen LogP contribution in [-0.2, 0) is 11.2 Å². The highest BCUT2D eigenvalue weighted by atomic mass is 16.5. The van der Waals surface area contributed by atoms with E-state index in [1.807, 2.05) is 24.3 Å². The Morgan fingerprint density at radius 1 is 1.25 bits per heavy atom. The van der Waals surface area contributed by atoms with Crippen molar-refractivity contribution in [2.24, 2.45) is 0 Å². The molecule has 2 aromatic rings. The molecule has 0 amide bonds. The van der Waals surface area contributed by atoms with E-state index in [-0.39, 0.29) is 0 Å². The van der Waals surface area contributed by atoms with Crippen LogP contribution in [0.2, 0.25) is 0 Å². The van der Waals surface area contributed by atoms with Crippen molar-refractivity contribution in [1.29, 1.82) is 5.26 Å². The van der Waals surface area contributed by atoms with Gasteiger partial charge in [-0.2, -0.15) is 10.2 Å². The number of hydrogen-bond donors (Lipinski definition) is 0. The van der Waals surface area contributed by atoms with Crippen LogP contribution in [0.1, 0.15) is 30.1 Å². The molecule has 3 rings (SSSR count). The molecule has 0 N–H and O–H groups in total. The van der Waals surface area contributed by atoms with Crippen LogP contribution in [0.3, 0.4) is 0 Å². The van der Waals surface area contributed by atoms with Crippen LogP contribution in [0.15, 0.2) is 28.8 Å². The molecule has 0 bridgehead atoms. The molecule has 5 heteroatoms. The van der Waals surface area contributed by atoms with Gasteiger partial charge in [-0.15, -0.1) is 0 Å². The van der Waals surface area contributed by atoms with Gasteiger partial charge in [0, 0.05) is 24.7 Å². The van der Waals surface area contributed by atoms with E-state index in [1.54, 1.807) is 0 Å². The summed E-state index contributed by atoms with van der Waals surface area (Å²) < 4.78 is 10.7. The van der Waals surface area contributed by atoms with E-state index in [0.29, 0.717) is 18.2 Å². The second-order valence-corrected chi connectivity index (χ2v) is 4.84. The zero-order chi connectivity index (χ0) is 13.8. The number of benzene rings is 1. The molecule has 0 saturated carbocycles. The molecule has 1 aromatic carbocycles. The fourth-order valence-corrected chi connectivity index (χ4v) is 2.43. The molecule has 20 heavy (non-hydrogen) atoms. The Labute approximate surface area is 117 Å². The second-order valence-electron chi connectivity index (χ2n) is 4.84. The van der Waals surface area contributed by atoms with Gasteiger partial charge in [0.15, 0.2) is 5.82 Å². The highest BCUT2D eigenvalue weighted by Crippen LogP contribution is 2.28. The van der Waals surface area contributed by atoms with Crippen molar-refractivity contribution in [3.05, 3.63) is 35.7 Å². The highest BCUT2D eigenvalue weighted by Gasteiger charge is 2.22. The van der Waals surface area contributed by atoms with Gasteiger partial charge in [0.25, 0.3) is 5.89 Å². The monoisotopic (exact) mass is 269 g/mol. The third-order valence-electron chi connectivity index (χ3n) is 3.55. The predicted octanol–water partition coefficient (Wildman–Crippen LogP) is 2.70. The van der Waals surface area contributed by atoms with Crippen molar-refractivity contribution in [2.75, 3.05) is 13.2 Å². The Morgan fingerprint density at radius 3 is 2.85 bits per heavy atom. The van der Waals surface area contributed by atoms with Crippen molar-refractivity contribution in [3.63, 3.8) is 0 Å². The van der Waals surface area contributed by atoms with Crippen molar-refractivity contribution < 1.29 is 9.26 Å². The molecular weight excluding hydrogens is 254 g/mol. The van der Waals surface area contributed by atoms with E-state index >= 15 is 0 Å². The summed E-state index contributed by atoms with van der Waals surface area (Å²) in [6, 6.07) is 9.80. The van der Waals surface area contributed by atoms with E-state index in [4.69, 9.17) is 14.5 Å². The average Bonchev–Trinajstić information content (AvgIpc) is 2.99. The highest BCUT2D eigenvalue weighted by molar-refractivity contribution is 5.59. The molecule has 0 aliphatic carbocycles. The summed E-state index contributed by atoms with van der Waals surface area (Å²) in [6.07, 6.45) is 2.20. The minimum Gasteiger partial charge on any atom is -0.381 e. The van der Waals surface area contributed by atoms with E-state index in [0.717, 1.165) is 43.0 Å². The van der Waals surface area contributed by atoms with Crippen molar-refractivity contribution >= 4 is 0 Å². The number of hydrogen-bond acceptors (Lipinski definition) is 5. The van der Waals surface area contributed by atoms with Crippen LogP contribution in [0.4, 0.5) is 0 Å². The smallest absolute Gasteiger partial charge is 0.258 e. The van der Waals surface area contributed by atoms with Crippen molar-refractivity contribution in [3.8, 4) is 17.5 Å². The molecule has 0 radical (unpaired) electrons. The van der Waals surface area contributed by atoms with Crippen LogP contribution in [-0.4, -0.2) is 23.4 Å². The lowest BCUT2D eigenvalue weighted by atomic mass is 10.00. The van der Waals surface area contributed by atoms with Gasteiger partial charge in [-0.25, -0.2) is 0 Å². The summed E-state index contributed by atoms with van der Waals surface area (Å²) in [5.74, 6) is 1.55. The molecule has 0 spiro atoms. The predicted molar refractivity (Wildman–Crippen MR) is 71.8 cm³/mol. The Kier molecular flexibility index (Phi) is 3.75. The van der Waals surface area contributed by atoms with Crippen molar-refractivity contribution in [1.82, 2.24) is 10.1 Å². The third kappa shape index (κ3) is 2.56. The molecular formula is C15H15N3O2. The van der Waals surface area contributed by atoms with Gasteiger partial charge in [0.05, 0.1) is 12.5 Å². The van der Waals surface area contributed by atoms with Gasteiger partial charge in [-0.05, 0) is 24.5 Å². The summed E-state index contributed by atoms with van der Waals surface area (Å²) in [6.45, 7) is 1.50. The molecule has 1 saturated heterocycles. The van der Waals surface area contributed by atoms with E-state index in [2.05, 4.69) is 16.2 Å². The first-order valence-corrected chi connectivity index (χ1v) is 6.75. The maximum Gasteiger partial charge on any atom is 0.258 e. The normalized spacial score (nSPS) is 15.9. The van der Waals surface area contributed by atoms with Crippen LogP contribution in [0, 0.1) is 11.3 Å². The molecule has 0 unspecified atom stereocenters. The molecule has 5 nitrogen and oxygen atoms in total. The van der Waals surface area contributed by atoms with Gasteiger partial charge in [0.1, 0.15) is 0 Å². The first-order chi connectivity index (χ1) is 9.88. The van der Waals surface area contributed by atoms with Gasteiger partial charge in [-0.1, -0.05) is 23.4 Å². The van der Waals surface area contributed by atoms with Crippen LogP contribution >= 0.6 is 0 Å².